The van der Waals surface area contributed by atoms with E-state index in [9.17, 15) is 9.18 Å². The first-order chi connectivity index (χ1) is 9.20. The van der Waals surface area contributed by atoms with Crippen LogP contribution in [0.5, 0.6) is 0 Å². The predicted molar refractivity (Wildman–Crippen MR) is 66.8 cm³/mol. The van der Waals surface area contributed by atoms with Gasteiger partial charge in [-0.3, -0.25) is 4.79 Å². The molecular weight excluding hydrogens is 249 g/mol. The first-order valence-electron chi connectivity index (χ1n) is 5.84. The fraction of sp³-hybridized carbons (Fsp3) is 0.231. The number of aliphatic hydroxyl groups excluding tert-OH is 1. The van der Waals surface area contributed by atoms with Crippen molar-refractivity contribution in [2.75, 3.05) is 13.2 Å². The molecule has 0 saturated heterocycles. The molecule has 0 aliphatic rings. The van der Waals surface area contributed by atoms with Crippen LogP contribution in [0.1, 0.15) is 16.2 Å². The molecule has 1 heterocycles. The number of aromatic amines is 1. The molecule has 1 aromatic carbocycles. The van der Waals surface area contributed by atoms with E-state index in [2.05, 4.69) is 9.97 Å². The number of H-pyrrole nitrogens is 1. The summed E-state index contributed by atoms with van der Waals surface area (Å²) < 4.78 is 12.8. The lowest BCUT2D eigenvalue weighted by Crippen LogP contribution is -2.33. The number of aromatic nitrogens is 2. The normalized spacial score (nSPS) is 10.4. The van der Waals surface area contributed by atoms with Crippen LogP contribution in [0.3, 0.4) is 0 Å². The molecule has 0 bridgehead atoms. The van der Waals surface area contributed by atoms with Gasteiger partial charge in [-0.1, -0.05) is 12.1 Å². The van der Waals surface area contributed by atoms with Gasteiger partial charge in [-0.05, 0) is 17.7 Å². The van der Waals surface area contributed by atoms with Crippen molar-refractivity contribution in [1.29, 1.82) is 0 Å². The highest BCUT2D eigenvalue weighted by atomic mass is 19.1. The molecule has 0 aliphatic heterocycles. The SMILES string of the molecule is O=C(c1ncc[nH]1)N(CCO)Cc1ccc(F)cc1. The maximum absolute atomic E-state index is 12.8. The summed E-state index contributed by atoms with van der Waals surface area (Å²) in [6, 6.07) is 5.89. The third kappa shape index (κ3) is 3.38. The minimum Gasteiger partial charge on any atom is -0.395 e. The first kappa shape index (κ1) is 13.2. The van der Waals surface area contributed by atoms with E-state index in [1.807, 2.05) is 0 Å². The highest BCUT2D eigenvalue weighted by molar-refractivity contribution is 5.90. The molecule has 0 spiro atoms. The van der Waals surface area contributed by atoms with Crippen LogP contribution in [0.4, 0.5) is 4.39 Å². The zero-order chi connectivity index (χ0) is 13.7. The number of halogens is 1. The fourth-order valence-electron chi connectivity index (χ4n) is 1.72. The number of amides is 1. The average Bonchev–Trinajstić information content (AvgIpc) is 2.94. The predicted octanol–water partition coefficient (Wildman–Crippen LogP) is 1.18. The van der Waals surface area contributed by atoms with E-state index in [4.69, 9.17) is 5.11 Å². The number of benzene rings is 1. The Kier molecular flexibility index (Phi) is 4.25. The number of rotatable bonds is 5. The van der Waals surface area contributed by atoms with Gasteiger partial charge in [0.05, 0.1) is 6.61 Å². The molecule has 0 aliphatic carbocycles. The summed E-state index contributed by atoms with van der Waals surface area (Å²) in [5.74, 6) is -0.409. The molecule has 1 amide bonds. The molecule has 0 saturated carbocycles. The quantitative estimate of drug-likeness (QED) is 0.851. The summed E-state index contributed by atoms with van der Waals surface area (Å²) in [5.41, 5.74) is 0.787. The summed E-state index contributed by atoms with van der Waals surface area (Å²) in [7, 11) is 0. The zero-order valence-corrected chi connectivity index (χ0v) is 10.2. The van der Waals surface area contributed by atoms with Gasteiger partial charge in [0.25, 0.3) is 5.91 Å². The number of imidazole rings is 1. The minimum absolute atomic E-state index is 0.145. The Hall–Kier alpha value is -2.21. The monoisotopic (exact) mass is 263 g/mol. The summed E-state index contributed by atoms with van der Waals surface area (Å²) in [5, 5.41) is 9.02. The van der Waals surface area contributed by atoms with Gasteiger partial charge >= 0.3 is 0 Å². The largest absolute Gasteiger partial charge is 0.395 e. The van der Waals surface area contributed by atoms with E-state index in [1.54, 1.807) is 18.3 Å². The van der Waals surface area contributed by atoms with Crippen molar-refractivity contribution < 1.29 is 14.3 Å². The van der Waals surface area contributed by atoms with Crippen molar-refractivity contribution in [3.63, 3.8) is 0 Å². The van der Waals surface area contributed by atoms with Gasteiger partial charge in [0, 0.05) is 25.5 Å². The summed E-state index contributed by atoms with van der Waals surface area (Å²) in [6.45, 7) is 0.338. The van der Waals surface area contributed by atoms with Crippen LogP contribution >= 0.6 is 0 Å². The highest BCUT2D eigenvalue weighted by Gasteiger charge is 2.17. The van der Waals surface area contributed by atoms with E-state index in [0.717, 1.165) is 5.56 Å². The molecule has 2 N–H and O–H groups in total. The summed E-state index contributed by atoms with van der Waals surface area (Å²) in [4.78, 5) is 20.2. The van der Waals surface area contributed by atoms with Crippen molar-refractivity contribution in [1.82, 2.24) is 14.9 Å². The number of hydrogen-bond acceptors (Lipinski definition) is 3. The Bertz CT molecular complexity index is 525. The highest BCUT2D eigenvalue weighted by Crippen LogP contribution is 2.09. The second kappa shape index (κ2) is 6.10. The van der Waals surface area contributed by atoms with Crippen LogP contribution in [0, 0.1) is 5.82 Å². The van der Waals surface area contributed by atoms with Gasteiger partial charge in [0.1, 0.15) is 5.82 Å². The van der Waals surface area contributed by atoms with E-state index in [0.29, 0.717) is 6.54 Å². The topological polar surface area (TPSA) is 69.2 Å². The molecule has 0 unspecified atom stereocenters. The number of carbonyl (C=O) groups excluding carboxylic acids is 1. The van der Waals surface area contributed by atoms with Crippen LogP contribution in [0.15, 0.2) is 36.7 Å². The van der Waals surface area contributed by atoms with E-state index in [-0.39, 0.29) is 30.7 Å². The molecule has 6 heteroatoms. The molecule has 0 radical (unpaired) electrons. The van der Waals surface area contributed by atoms with Gasteiger partial charge < -0.3 is 15.0 Å². The second-order valence-electron chi connectivity index (χ2n) is 4.01. The molecule has 2 aromatic rings. The standard InChI is InChI=1S/C13H14FN3O2/c14-11-3-1-10(2-4-11)9-17(7-8-18)13(19)12-15-5-6-16-12/h1-6,18H,7-9H2,(H,15,16). The Morgan fingerprint density at radius 1 is 1.37 bits per heavy atom. The van der Waals surface area contributed by atoms with Crippen molar-refractivity contribution in [3.8, 4) is 0 Å². The van der Waals surface area contributed by atoms with Crippen molar-refractivity contribution in [3.05, 3.63) is 53.9 Å². The van der Waals surface area contributed by atoms with Crippen LogP contribution in [-0.2, 0) is 6.54 Å². The molecule has 1 aromatic heterocycles. The molecule has 0 atom stereocenters. The number of aliphatic hydroxyl groups is 1. The molecule has 100 valence electrons. The van der Waals surface area contributed by atoms with Gasteiger partial charge in [0.2, 0.25) is 0 Å². The Balaban J connectivity index is 2.11. The maximum atomic E-state index is 12.8. The van der Waals surface area contributed by atoms with Crippen LogP contribution < -0.4 is 0 Å². The van der Waals surface area contributed by atoms with Crippen LogP contribution in [-0.4, -0.2) is 39.0 Å². The molecule has 2 rings (SSSR count). The Labute approximate surface area is 109 Å². The maximum Gasteiger partial charge on any atom is 0.290 e. The summed E-state index contributed by atoms with van der Waals surface area (Å²) >= 11 is 0. The Morgan fingerprint density at radius 2 is 2.11 bits per heavy atom. The van der Waals surface area contributed by atoms with E-state index in [1.165, 1.54) is 23.2 Å². The van der Waals surface area contributed by atoms with Gasteiger partial charge in [-0.2, -0.15) is 0 Å². The lowest BCUT2D eigenvalue weighted by molar-refractivity contribution is 0.0696. The minimum atomic E-state index is -0.324. The zero-order valence-electron chi connectivity index (χ0n) is 10.2. The Morgan fingerprint density at radius 3 is 2.68 bits per heavy atom. The second-order valence-corrected chi connectivity index (χ2v) is 4.01. The molecular formula is C13H14FN3O2. The lowest BCUT2D eigenvalue weighted by atomic mass is 10.2. The molecule has 5 nitrogen and oxygen atoms in total. The van der Waals surface area contributed by atoms with Gasteiger partial charge in [-0.25, -0.2) is 9.37 Å². The molecule has 19 heavy (non-hydrogen) atoms. The van der Waals surface area contributed by atoms with Crippen LogP contribution in [0.2, 0.25) is 0 Å². The number of hydrogen-bond donors (Lipinski definition) is 2. The van der Waals surface area contributed by atoms with Crippen molar-refractivity contribution in [2.45, 2.75) is 6.54 Å². The fourth-order valence-corrected chi connectivity index (χ4v) is 1.72. The average molecular weight is 263 g/mol. The van der Waals surface area contributed by atoms with Gasteiger partial charge in [-0.15, -0.1) is 0 Å². The van der Waals surface area contributed by atoms with Crippen molar-refractivity contribution >= 4 is 5.91 Å². The van der Waals surface area contributed by atoms with Crippen LogP contribution in [0.25, 0.3) is 0 Å². The van der Waals surface area contributed by atoms with E-state index >= 15 is 0 Å². The number of nitrogens with one attached hydrogen (secondary N) is 1. The first-order valence-corrected chi connectivity index (χ1v) is 5.84. The molecule has 0 fully saturated rings. The third-order valence-electron chi connectivity index (χ3n) is 2.64. The van der Waals surface area contributed by atoms with Crippen molar-refractivity contribution in [2.24, 2.45) is 0 Å². The third-order valence-corrected chi connectivity index (χ3v) is 2.64. The smallest absolute Gasteiger partial charge is 0.290 e. The van der Waals surface area contributed by atoms with Gasteiger partial charge in [0.15, 0.2) is 5.82 Å². The van der Waals surface area contributed by atoms with E-state index < -0.39 is 0 Å². The summed E-state index contributed by atoms with van der Waals surface area (Å²) in [6.07, 6.45) is 3.05. The number of nitrogens with zero attached hydrogens (tertiary/aromatic N) is 2. The lowest BCUT2D eigenvalue weighted by Gasteiger charge is -2.20. The number of carbonyl (C=O) groups is 1.